The second kappa shape index (κ2) is 7.02. The molecule has 1 N–H and O–H groups in total. The summed E-state index contributed by atoms with van der Waals surface area (Å²) in [7, 11) is 5.15. The number of rotatable bonds is 6. The lowest BCUT2D eigenvalue weighted by Crippen LogP contribution is -2.55. The molecule has 1 atom stereocenters. The van der Waals surface area contributed by atoms with E-state index in [1.54, 1.807) is 32.3 Å². The molecular formula is C14H24N4O3. The first-order valence-electron chi connectivity index (χ1n) is 7.08. The van der Waals surface area contributed by atoms with Gasteiger partial charge in [0.2, 0.25) is 5.91 Å². The van der Waals surface area contributed by atoms with Crippen molar-refractivity contribution in [3.63, 3.8) is 0 Å². The topological polar surface area (TPSA) is 70.7 Å². The van der Waals surface area contributed by atoms with E-state index in [1.165, 1.54) is 0 Å². The van der Waals surface area contributed by atoms with Gasteiger partial charge in [0.1, 0.15) is 11.4 Å². The molecule has 1 saturated heterocycles. The molecule has 0 aliphatic carbocycles. The lowest BCUT2D eigenvalue weighted by molar-refractivity contribution is -0.160. The van der Waals surface area contributed by atoms with E-state index >= 15 is 0 Å². The number of carbonyl (C=O) groups is 1. The van der Waals surface area contributed by atoms with Gasteiger partial charge < -0.3 is 19.4 Å². The number of methoxy groups -OCH3 is 1. The molecule has 0 radical (unpaired) electrons. The van der Waals surface area contributed by atoms with Crippen molar-refractivity contribution in [1.29, 1.82) is 0 Å². The summed E-state index contributed by atoms with van der Waals surface area (Å²) in [6.45, 7) is 3.19. The third-order valence-electron chi connectivity index (χ3n) is 3.64. The molecule has 0 aromatic carbocycles. The summed E-state index contributed by atoms with van der Waals surface area (Å²) in [4.78, 5) is 23.2. The van der Waals surface area contributed by atoms with Crippen molar-refractivity contribution in [3.05, 3.63) is 18.2 Å². The van der Waals surface area contributed by atoms with Crippen LogP contribution >= 0.6 is 0 Å². The van der Waals surface area contributed by atoms with Crippen molar-refractivity contribution >= 4 is 5.91 Å². The second-order valence-electron chi connectivity index (χ2n) is 5.68. The average Bonchev–Trinajstić information content (AvgIpc) is 2.92. The van der Waals surface area contributed by atoms with E-state index in [2.05, 4.69) is 14.9 Å². The highest BCUT2D eigenvalue weighted by atomic mass is 16.5. The standard InChI is InChI=1S/C14H24N4O3/c1-17(2)13(19)8-14(11-20-3)10-18(6-7-21-14)9-12-15-4-5-16-12/h4-5H,6-11H2,1-3H3,(H,15,16)/t14-/m1/s1. The number of nitrogens with zero attached hydrogens (tertiary/aromatic N) is 3. The summed E-state index contributed by atoms with van der Waals surface area (Å²) in [6.07, 6.45) is 3.88. The van der Waals surface area contributed by atoms with Crippen LogP contribution in [0, 0.1) is 0 Å². The van der Waals surface area contributed by atoms with Gasteiger partial charge in [-0.2, -0.15) is 0 Å². The fourth-order valence-corrected chi connectivity index (χ4v) is 2.60. The summed E-state index contributed by atoms with van der Waals surface area (Å²) < 4.78 is 11.2. The Morgan fingerprint density at radius 2 is 2.43 bits per heavy atom. The highest BCUT2D eigenvalue weighted by Crippen LogP contribution is 2.24. The number of imidazole rings is 1. The summed E-state index contributed by atoms with van der Waals surface area (Å²) in [5, 5.41) is 0. The van der Waals surface area contributed by atoms with Crippen LogP contribution in [0.2, 0.25) is 0 Å². The van der Waals surface area contributed by atoms with E-state index < -0.39 is 5.60 Å². The van der Waals surface area contributed by atoms with Crippen molar-refractivity contribution in [2.45, 2.75) is 18.6 Å². The minimum atomic E-state index is -0.582. The van der Waals surface area contributed by atoms with Gasteiger partial charge in [0.15, 0.2) is 0 Å². The molecule has 118 valence electrons. The van der Waals surface area contributed by atoms with Gasteiger partial charge in [-0.15, -0.1) is 0 Å². The zero-order valence-electron chi connectivity index (χ0n) is 13.0. The van der Waals surface area contributed by atoms with E-state index in [9.17, 15) is 4.79 Å². The van der Waals surface area contributed by atoms with Crippen molar-refractivity contribution < 1.29 is 14.3 Å². The number of nitrogens with one attached hydrogen (secondary N) is 1. The molecule has 1 aromatic heterocycles. The Bertz CT molecular complexity index is 445. The molecule has 2 rings (SSSR count). The first kappa shape index (κ1) is 15.9. The molecule has 1 aliphatic rings. The van der Waals surface area contributed by atoms with Crippen LogP contribution in [-0.4, -0.2) is 78.8 Å². The van der Waals surface area contributed by atoms with E-state index in [-0.39, 0.29) is 5.91 Å². The van der Waals surface area contributed by atoms with Crippen LogP contribution in [0.5, 0.6) is 0 Å². The smallest absolute Gasteiger partial charge is 0.225 e. The third kappa shape index (κ3) is 4.26. The Labute approximate surface area is 125 Å². The van der Waals surface area contributed by atoms with Gasteiger partial charge in [-0.25, -0.2) is 4.98 Å². The molecule has 1 fully saturated rings. The summed E-state index contributed by atoms with van der Waals surface area (Å²) in [5.74, 6) is 0.967. The highest BCUT2D eigenvalue weighted by molar-refractivity contribution is 5.76. The Balaban J connectivity index is 2.03. The van der Waals surface area contributed by atoms with E-state index in [1.807, 2.05) is 6.20 Å². The van der Waals surface area contributed by atoms with Crippen molar-refractivity contribution in [2.75, 3.05) is 47.5 Å². The molecule has 0 unspecified atom stereocenters. The van der Waals surface area contributed by atoms with Crippen LogP contribution in [0.3, 0.4) is 0 Å². The maximum Gasteiger partial charge on any atom is 0.225 e. The van der Waals surface area contributed by atoms with E-state index in [4.69, 9.17) is 9.47 Å². The van der Waals surface area contributed by atoms with Gasteiger partial charge in [-0.05, 0) is 0 Å². The number of amides is 1. The number of ether oxygens (including phenoxy) is 2. The van der Waals surface area contributed by atoms with Crippen LogP contribution < -0.4 is 0 Å². The van der Waals surface area contributed by atoms with Crippen molar-refractivity contribution in [3.8, 4) is 0 Å². The summed E-state index contributed by atoms with van der Waals surface area (Å²) in [5.41, 5.74) is -0.582. The Morgan fingerprint density at radius 1 is 1.62 bits per heavy atom. The van der Waals surface area contributed by atoms with Crippen molar-refractivity contribution in [1.82, 2.24) is 19.8 Å². The number of hydrogen-bond donors (Lipinski definition) is 1. The molecule has 7 nitrogen and oxygen atoms in total. The van der Waals surface area contributed by atoms with Crippen LogP contribution in [-0.2, 0) is 20.8 Å². The van der Waals surface area contributed by atoms with Gasteiger partial charge in [0.05, 0.1) is 26.2 Å². The molecular weight excluding hydrogens is 272 g/mol. The van der Waals surface area contributed by atoms with Crippen molar-refractivity contribution in [2.24, 2.45) is 0 Å². The van der Waals surface area contributed by atoms with E-state index in [0.29, 0.717) is 26.2 Å². The molecule has 1 amide bonds. The van der Waals surface area contributed by atoms with Crippen LogP contribution in [0.4, 0.5) is 0 Å². The molecule has 7 heteroatoms. The molecule has 21 heavy (non-hydrogen) atoms. The second-order valence-corrected chi connectivity index (χ2v) is 5.68. The Morgan fingerprint density at radius 3 is 3.05 bits per heavy atom. The fourth-order valence-electron chi connectivity index (χ4n) is 2.60. The van der Waals surface area contributed by atoms with Crippen LogP contribution in [0.15, 0.2) is 12.4 Å². The third-order valence-corrected chi connectivity index (χ3v) is 3.64. The molecule has 0 spiro atoms. The average molecular weight is 296 g/mol. The molecule has 1 aliphatic heterocycles. The maximum atomic E-state index is 12.1. The van der Waals surface area contributed by atoms with Gasteiger partial charge in [-0.1, -0.05) is 0 Å². The van der Waals surface area contributed by atoms with Gasteiger partial charge in [0, 0.05) is 46.7 Å². The van der Waals surface area contributed by atoms with Gasteiger partial charge >= 0.3 is 0 Å². The normalized spacial score (nSPS) is 23.2. The minimum Gasteiger partial charge on any atom is -0.382 e. The molecule has 0 bridgehead atoms. The quantitative estimate of drug-likeness (QED) is 0.806. The summed E-state index contributed by atoms with van der Waals surface area (Å²) >= 11 is 0. The van der Waals surface area contributed by atoms with E-state index in [0.717, 1.165) is 18.9 Å². The monoisotopic (exact) mass is 296 g/mol. The summed E-state index contributed by atoms with van der Waals surface area (Å²) in [6, 6.07) is 0. The predicted molar refractivity (Wildman–Crippen MR) is 77.7 cm³/mol. The van der Waals surface area contributed by atoms with Crippen LogP contribution in [0.25, 0.3) is 0 Å². The predicted octanol–water partition coefficient (Wildman–Crippen LogP) is 0.105. The number of morpholine rings is 1. The van der Waals surface area contributed by atoms with Gasteiger partial charge in [-0.3, -0.25) is 9.69 Å². The number of aromatic amines is 1. The zero-order valence-corrected chi connectivity index (χ0v) is 13.0. The highest BCUT2D eigenvalue weighted by Gasteiger charge is 2.39. The Hall–Kier alpha value is -1.44. The number of hydrogen-bond acceptors (Lipinski definition) is 5. The number of H-pyrrole nitrogens is 1. The van der Waals surface area contributed by atoms with Gasteiger partial charge in [0.25, 0.3) is 0 Å². The molecule has 0 saturated carbocycles. The first-order chi connectivity index (χ1) is 10.0. The minimum absolute atomic E-state index is 0.0481. The lowest BCUT2D eigenvalue weighted by atomic mass is 9.97. The number of carbonyl (C=O) groups excluding carboxylic acids is 1. The molecule has 1 aromatic rings. The lowest BCUT2D eigenvalue weighted by Gasteiger charge is -2.42. The fraction of sp³-hybridized carbons (Fsp3) is 0.714. The zero-order chi connectivity index (χ0) is 15.3. The van der Waals surface area contributed by atoms with Crippen LogP contribution in [0.1, 0.15) is 12.2 Å². The maximum absolute atomic E-state index is 12.1. The number of aromatic nitrogens is 2. The Kier molecular flexibility index (Phi) is 5.33. The SMILES string of the molecule is COC[C@@]1(CC(=O)N(C)C)CN(Cc2ncc[nH]2)CCO1. The first-order valence-corrected chi connectivity index (χ1v) is 7.08. The molecule has 2 heterocycles. The largest absolute Gasteiger partial charge is 0.382 e.